The molecule has 2 heterocycles. The highest BCUT2D eigenvalue weighted by molar-refractivity contribution is 9.11. The van der Waals surface area contributed by atoms with Crippen molar-refractivity contribution in [2.24, 2.45) is 0 Å². The average molecular weight is 454 g/mol. The van der Waals surface area contributed by atoms with Crippen LogP contribution < -0.4 is 10.8 Å². The smallest absolute Gasteiger partial charge is 0.262 e. The van der Waals surface area contributed by atoms with Crippen molar-refractivity contribution in [3.8, 4) is 0 Å². The molecule has 0 atom stereocenters. The molecule has 0 spiro atoms. The summed E-state index contributed by atoms with van der Waals surface area (Å²) in [6, 6.07) is 11.9. The molecule has 0 unspecified atom stereocenters. The zero-order valence-electron chi connectivity index (χ0n) is 12.5. The number of nitrogens with one attached hydrogen (secondary N) is 2. The van der Waals surface area contributed by atoms with Crippen LogP contribution in [0.3, 0.4) is 0 Å². The lowest BCUT2D eigenvalue weighted by molar-refractivity contribution is -0.127. The Hall–Kier alpha value is -1.90. The van der Waals surface area contributed by atoms with Crippen molar-refractivity contribution in [2.45, 2.75) is 6.42 Å². The Labute approximate surface area is 155 Å². The first-order valence-electron chi connectivity index (χ1n) is 7.15. The van der Waals surface area contributed by atoms with Gasteiger partial charge in [0.05, 0.1) is 16.7 Å². The van der Waals surface area contributed by atoms with Gasteiger partial charge in [0.1, 0.15) is 5.82 Å². The molecule has 0 radical (unpaired) electrons. The SMILES string of the molecule is O=C(CNc1nc2c(Br)cc(Br)cn2c1Cc1ccccc1)NO. The number of carbonyl (C=O) groups is 1. The number of hydrogen-bond donors (Lipinski definition) is 3. The highest BCUT2D eigenvalue weighted by Crippen LogP contribution is 2.28. The quantitative estimate of drug-likeness (QED) is 0.408. The monoisotopic (exact) mass is 452 g/mol. The van der Waals surface area contributed by atoms with Crippen LogP contribution in [0.2, 0.25) is 0 Å². The maximum atomic E-state index is 11.3. The molecule has 0 saturated carbocycles. The van der Waals surface area contributed by atoms with E-state index in [-0.39, 0.29) is 6.54 Å². The summed E-state index contributed by atoms with van der Waals surface area (Å²) in [4.78, 5) is 15.9. The predicted octanol–water partition coefficient (Wildman–Crippen LogP) is 3.37. The second-order valence-corrected chi connectivity index (χ2v) is 6.93. The maximum absolute atomic E-state index is 11.3. The van der Waals surface area contributed by atoms with Crippen LogP contribution in [0, 0.1) is 0 Å². The molecule has 6 nitrogen and oxygen atoms in total. The molecule has 0 fully saturated rings. The first kappa shape index (κ1) is 16.9. The van der Waals surface area contributed by atoms with Crippen molar-refractivity contribution in [1.29, 1.82) is 0 Å². The standard InChI is InChI=1S/C16H14Br2N4O2/c17-11-7-12(18)16-20-15(19-8-14(23)21-24)13(22(16)9-11)6-10-4-2-1-3-5-10/h1-5,7,9,19,24H,6,8H2,(H,21,23). The Balaban J connectivity index is 2.06. The minimum absolute atomic E-state index is 0.0685. The second kappa shape index (κ2) is 7.33. The predicted molar refractivity (Wildman–Crippen MR) is 98.3 cm³/mol. The summed E-state index contributed by atoms with van der Waals surface area (Å²) in [6.45, 7) is -0.0685. The van der Waals surface area contributed by atoms with Gasteiger partial charge in [-0.2, -0.15) is 0 Å². The summed E-state index contributed by atoms with van der Waals surface area (Å²) in [5.74, 6) is 0.0687. The molecule has 1 aromatic carbocycles. The van der Waals surface area contributed by atoms with Gasteiger partial charge in [0.25, 0.3) is 5.91 Å². The minimum Gasteiger partial charge on any atom is -0.359 e. The van der Waals surface area contributed by atoms with Gasteiger partial charge in [-0.1, -0.05) is 30.3 Å². The Morgan fingerprint density at radius 3 is 2.71 bits per heavy atom. The van der Waals surface area contributed by atoms with E-state index in [0.717, 1.165) is 25.8 Å². The summed E-state index contributed by atoms with van der Waals surface area (Å²) in [6.07, 6.45) is 2.58. The van der Waals surface area contributed by atoms with Gasteiger partial charge >= 0.3 is 0 Å². The van der Waals surface area contributed by atoms with Crippen LogP contribution in [0.15, 0.2) is 51.5 Å². The summed E-state index contributed by atoms with van der Waals surface area (Å²) in [7, 11) is 0. The first-order valence-corrected chi connectivity index (χ1v) is 8.74. The number of fused-ring (bicyclic) bond motifs is 1. The van der Waals surface area contributed by atoms with Crippen LogP contribution in [0.1, 0.15) is 11.3 Å². The second-order valence-electron chi connectivity index (χ2n) is 5.16. The number of hydrogen-bond acceptors (Lipinski definition) is 4. The highest BCUT2D eigenvalue weighted by Gasteiger charge is 2.16. The number of carbonyl (C=O) groups excluding carboxylic acids is 1. The van der Waals surface area contributed by atoms with Crippen molar-refractivity contribution in [1.82, 2.24) is 14.9 Å². The molecule has 0 saturated heterocycles. The van der Waals surface area contributed by atoms with Gasteiger partial charge in [0.2, 0.25) is 0 Å². The van der Waals surface area contributed by atoms with E-state index in [0.29, 0.717) is 12.2 Å². The number of imidazole rings is 1. The van der Waals surface area contributed by atoms with Crippen molar-refractivity contribution in [2.75, 3.05) is 11.9 Å². The number of hydroxylamine groups is 1. The zero-order valence-corrected chi connectivity index (χ0v) is 15.6. The Bertz CT molecular complexity index is 881. The van der Waals surface area contributed by atoms with Gasteiger partial charge in [0, 0.05) is 17.1 Å². The number of amides is 1. The lowest BCUT2D eigenvalue weighted by atomic mass is 10.1. The topological polar surface area (TPSA) is 78.7 Å². The summed E-state index contributed by atoms with van der Waals surface area (Å²) < 4.78 is 3.72. The highest BCUT2D eigenvalue weighted by atomic mass is 79.9. The lowest BCUT2D eigenvalue weighted by Gasteiger charge is -2.07. The van der Waals surface area contributed by atoms with E-state index in [1.165, 1.54) is 0 Å². The molecule has 8 heteroatoms. The Morgan fingerprint density at radius 2 is 2.00 bits per heavy atom. The average Bonchev–Trinajstić information content (AvgIpc) is 2.92. The van der Waals surface area contributed by atoms with Crippen LogP contribution in [0.5, 0.6) is 0 Å². The van der Waals surface area contributed by atoms with E-state index >= 15 is 0 Å². The third kappa shape index (κ3) is 3.61. The fourth-order valence-electron chi connectivity index (χ4n) is 2.42. The van der Waals surface area contributed by atoms with Gasteiger partial charge in [-0.15, -0.1) is 0 Å². The van der Waals surface area contributed by atoms with Crippen LogP contribution >= 0.6 is 31.9 Å². The maximum Gasteiger partial charge on any atom is 0.262 e. The van der Waals surface area contributed by atoms with Gasteiger partial charge in [-0.05, 0) is 43.5 Å². The molecule has 3 rings (SSSR count). The summed E-state index contributed by atoms with van der Waals surface area (Å²) >= 11 is 7.00. The molecule has 24 heavy (non-hydrogen) atoms. The Kier molecular flexibility index (Phi) is 5.17. The van der Waals surface area contributed by atoms with Crippen LogP contribution in [-0.4, -0.2) is 27.0 Å². The van der Waals surface area contributed by atoms with Crippen LogP contribution in [0.25, 0.3) is 5.65 Å². The molecule has 124 valence electrons. The fraction of sp³-hybridized carbons (Fsp3) is 0.125. The van der Waals surface area contributed by atoms with E-state index in [9.17, 15) is 4.79 Å². The Morgan fingerprint density at radius 1 is 1.25 bits per heavy atom. The molecule has 1 amide bonds. The third-order valence-electron chi connectivity index (χ3n) is 3.50. The van der Waals surface area contributed by atoms with Crippen molar-refractivity contribution >= 4 is 49.2 Å². The van der Waals surface area contributed by atoms with Crippen LogP contribution in [0.4, 0.5) is 5.82 Å². The summed E-state index contributed by atoms with van der Waals surface area (Å²) in [5, 5.41) is 11.6. The number of halogens is 2. The number of pyridine rings is 1. The largest absolute Gasteiger partial charge is 0.359 e. The van der Waals surface area contributed by atoms with E-state index in [2.05, 4.69) is 42.2 Å². The first-order chi connectivity index (χ1) is 11.6. The minimum atomic E-state index is -0.530. The van der Waals surface area contributed by atoms with Crippen molar-refractivity contribution < 1.29 is 10.0 Å². The summed E-state index contributed by atoms with van der Waals surface area (Å²) in [5.41, 5.74) is 4.40. The van der Waals surface area contributed by atoms with Crippen molar-refractivity contribution in [3.63, 3.8) is 0 Å². The number of benzene rings is 1. The van der Waals surface area contributed by atoms with Crippen LogP contribution in [-0.2, 0) is 11.2 Å². The molecule has 3 aromatic rings. The normalized spacial score (nSPS) is 10.8. The zero-order chi connectivity index (χ0) is 17.1. The molecule has 0 aliphatic carbocycles. The number of rotatable bonds is 5. The number of nitrogens with zero attached hydrogens (tertiary/aromatic N) is 2. The molecular formula is C16H14Br2N4O2. The van der Waals surface area contributed by atoms with Gasteiger partial charge in [0.15, 0.2) is 5.65 Å². The van der Waals surface area contributed by atoms with E-state index < -0.39 is 5.91 Å². The van der Waals surface area contributed by atoms with E-state index in [4.69, 9.17) is 5.21 Å². The molecule has 3 N–H and O–H groups in total. The van der Waals surface area contributed by atoms with Gasteiger partial charge < -0.3 is 5.32 Å². The molecule has 2 aromatic heterocycles. The van der Waals surface area contributed by atoms with E-state index in [1.807, 2.05) is 47.0 Å². The molecule has 0 bridgehead atoms. The molecule has 0 aliphatic rings. The van der Waals surface area contributed by atoms with Gasteiger partial charge in [-0.25, -0.2) is 10.5 Å². The molecular weight excluding hydrogens is 440 g/mol. The number of aromatic nitrogens is 2. The third-order valence-corrected chi connectivity index (χ3v) is 4.51. The van der Waals surface area contributed by atoms with Gasteiger partial charge in [-0.3, -0.25) is 14.4 Å². The number of anilines is 1. The van der Waals surface area contributed by atoms with E-state index in [1.54, 1.807) is 5.48 Å². The molecule has 0 aliphatic heterocycles. The van der Waals surface area contributed by atoms with Crippen molar-refractivity contribution in [3.05, 3.63) is 62.8 Å². The lowest BCUT2D eigenvalue weighted by Crippen LogP contribution is -2.27. The fourth-order valence-corrected chi connectivity index (χ4v) is 3.69.